The van der Waals surface area contributed by atoms with Gasteiger partial charge in [0.05, 0.1) is 0 Å². The van der Waals surface area contributed by atoms with E-state index in [4.69, 9.17) is 15.6 Å². The van der Waals surface area contributed by atoms with Gasteiger partial charge in [0.1, 0.15) is 24.4 Å². The second-order valence-corrected chi connectivity index (χ2v) is 9.81. The van der Waals surface area contributed by atoms with Crippen molar-refractivity contribution in [1.29, 1.82) is 0 Å². The average Bonchev–Trinajstić information content (AvgIpc) is 3.22. The van der Waals surface area contributed by atoms with E-state index in [2.05, 4.69) is 5.32 Å². The van der Waals surface area contributed by atoms with E-state index in [9.17, 15) is 24.6 Å². The molecule has 9 heteroatoms. The Bertz CT molecular complexity index is 1240. The van der Waals surface area contributed by atoms with E-state index in [0.29, 0.717) is 17.9 Å². The molecule has 9 nitrogen and oxygen atoms in total. The highest BCUT2D eigenvalue weighted by Crippen LogP contribution is 2.44. The van der Waals surface area contributed by atoms with Crippen molar-refractivity contribution in [3.05, 3.63) is 89.5 Å². The number of phenols is 1. The van der Waals surface area contributed by atoms with Crippen LogP contribution in [0.2, 0.25) is 0 Å². The highest BCUT2D eigenvalue weighted by atomic mass is 16.5. The van der Waals surface area contributed by atoms with Crippen molar-refractivity contribution in [2.45, 2.75) is 44.7 Å². The van der Waals surface area contributed by atoms with Gasteiger partial charge in [-0.05, 0) is 52.3 Å². The minimum absolute atomic E-state index is 0.0831. The molecule has 3 aromatic rings. The third-order valence-electron chi connectivity index (χ3n) is 6.35. The molecule has 6 N–H and O–H groups in total. The summed E-state index contributed by atoms with van der Waals surface area (Å²) in [6.45, 7) is 4.01. The van der Waals surface area contributed by atoms with E-state index in [-0.39, 0.29) is 24.7 Å². The molecular formula is C30H34N2O7. The normalized spacial score (nSPS) is 13.3. The maximum absolute atomic E-state index is 12.3. The number of hydrogen-bond acceptors (Lipinski definition) is 6. The summed E-state index contributed by atoms with van der Waals surface area (Å²) in [4.78, 5) is 34.0. The topological polar surface area (TPSA) is 159 Å². The standard InChI is InChI=1S/C24H21NO5.C6H13NO2/c26-16-11-9-15(10-12-16)13-22(23(27)28)25-24(29)30-14-21-19-7-3-1-5-17(19)18-6-2-4-8-20(18)21;1-4(2)3-5(7)6(8)9/h1-12,21-22,26H,13-14H2,(H,25,29)(H,27,28);4-5H,3,7H2,1-2H3,(H,8,9)/t22-;5-/m00/s1. The fourth-order valence-corrected chi connectivity index (χ4v) is 4.46. The van der Waals surface area contributed by atoms with Gasteiger partial charge in [0.2, 0.25) is 0 Å². The number of carboxylic acid groups (broad SMARTS) is 2. The molecule has 39 heavy (non-hydrogen) atoms. The molecule has 0 unspecified atom stereocenters. The van der Waals surface area contributed by atoms with Crippen molar-refractivity contribution in [3.8, 4) is 16.9 Å². The zero-order valence-corrected chi connectivity index (χ0v) is 21.9. The van der Waals surface area contributed by atoms with Gasteiger partial charge >= 0.3 is 18.0 Å². The minimum Gasteiger partial charge on any atom is -0.508 e. The van der Waals surface area contributed by atoms with Crippen molar-refractivity contribution in [2.24, 2.45) is 11.7 Å². The Labute approximate surface area is 227 Å². The van der Waals surface area contributed by atoms with E-state index in [1.165, 1.54) is 12.1 Å². The first-order chi connectivity index (χ1) is 18.6. The number of nitrogens with one attached hydrogen (secondary N) is 1. The molecule has 1 aliphatic carbocycles. The van der Waals surface area contributed by atoms with E-state index in [1.807, 2.05) is 62.4 Å². The number of carbonyl (C=O) groups is 3. The number of nitrogens with two attached hydrogens (primary N) is 1. The van der Waals surface area contributed by atoms with Gasteiger partial charge in [-0.15, -0.1) is 0 Å². The fourth-order valence-electron chi connectivity index (χ4n) is 4.46. The molecule has 0 radical (unpaired) electrons. The largest absolute Gasteiger partial charge is 0.508 e. The summed E-state index contributed by atoms with van der Waals surface area (Å²) in [5.74, 6) is -1.71. The third kappa shape index (κ3) is 8.05. The quantitative estimate of drug-likeness (QED) is 0.271. The summed E-state index contributed by atoms with van der Waals surface area (Å²) >= 11 is 0. The van der Waals surface area contributed by atoms with Crippen LogP contribution in [0, 0.1) is 5.92 Å². The lowest BCUT2D eigenvalue weighted by Gasteiger charge is -2.17. The predicted molar refractivity (Wildman–Crippen MR) is 147 cm³/mol. The van der Waals surface area contributed by atoms with Crippen molar-refractivity contribution in [1.82, 2.24) is 5.32 Å². The Balaban J connectivity index is 0.000000403. The highest BCUT2D eigenvalue weighted by Gasteiger charge is 2.29. The molecule has 0 spiro atoms. The van der Waals surface area contributed by atoms with Crippen LogP contribution in [0.15, 0.2) is 72.8 Å². The van der Waals surface area contributed by atoms with Gasteiger partial charge < -0.3 is 31.1 Å². The Morgan fingerprint density at radius 1 is 0.872 bits per heavy atom. The number of amides is 1. The maximum atomic E-state index is 12.3. The Morgan fingerprint density at radius 3 is 1.87 bits per heavy atom. The van der Waals surface area contributed by atoms with Gasteiger partial charge in [-0.2, -0.15) is 0 Å². The Morgan fingerprint density at radius 2 is 1.41 bits per heavy atom. The number of carboxylic acids is 2. The molecule has 0 saturated heterocycles. The lowest BCUT2D eigenvalue weighted by Crippen LogP contribution is -2.42. The second-order valence-electron chi connectivity index (χ2n) is 9.81. The number of benzene rings is 3. The first-order valence-corrected chi connectivity index (χ1v) is 12.7. The zero-order chi connectivity index (χ0) is 28.5. The first kappa shape index (κ1) is 29.2. The first-order valence-electron chi connectivity index (χ1n) is 12.7. The molecule has 0 bridgehead atoms. The van der Waals surface area contributed by atoms with Crippen LogP contribution in [-0.2, 0) is 20.7 Å². The van der Waals surface area contributed by atoms with Crippen LogP contribution in [-0.4, -0.2) is 52.0 Å². The fraction of sp³-hybridized carbons (Fsp3) is 0.300. The van der Waals surface area contributed by atoms with Crippen LogP contribution in [0.25, 0.3) is 11.1 Å². The molecule has 206 valence electrons. The van der Waals surface area contributed by atoms with Gasteiger partial charge in [-0.3, -0.25) is 4.79 Å². The molecule has 1 amide bonds. The summed E-state index contributed by atoms with van der Waals surface area (Å²) in [5, 5.41) is 29.5. The van der Waals surface area contributed by atoms with Crippen molar-refractivity contribution >= 4 is 18.0 Å². The second kappa shape index (κ2) is 13.4. The molecule has 0 fully saturated rings. The van der Waals surface area contributed by atoms with Crippen molar-refractivity contribution < 1.29 is 34.4 Å². The van der Waals surface area contributed by atoms with Crippen LogP contribution in [0.4, 0.5) is 4.79 Å². The summed E-state index contributed by atoms with van der Waals surface area (Å²) in [7, 11) is 0. The molecule has 0 aromatic heterocycles. The maximum Gasteiger partial charge on any atom is 0.407 e. The SMILES string of the molecule is CC(C)C[C@H](N)C(=O)O.O=C(N[C@@H](Cc1ccc(O)cc1)C(=O)O)OCC1c2ccccc2-c2ccccc21. The van der Waals surface area contributed by atoms with Gasteiger partial charge in [0.25, 0.3) is 0 Å². The Hall–Kier alpha value is -4.37. The van der Waals surface area contributed by atoms with Crippen LogP contribution in [0.5, 0.6) is 5.75 Å². The van der Waals surface area contributed by atoms with E-state index < -0.39 is 30.1 Å². The van der Waals surface area contributed by atoms with Gasteiger partial charge in [0.15, 0.2) is 0 Å². The number of aromatic hydroxyl groups is 1. The highest BCUT2D eigenvalue weighted by molar-refractivity contribution is 5.81. The number of hydrogen-bond donors (Lipinski definition) is 5. The van der Waals surface area contributed by atoms with Gasteiger partial charge in [0, 0.05) is 12.3 Å². The minimum atomic E-state index is -1.16. The summed E-state index contributed by atoms with van der Waals surface area (Å²) in [5.41, 5.74) is 10.3. The molecule has 3 aromatic carbocycles. The molecule has 1 aliphatic rings. The lowest BCUT2D eigenvalue weighted by molar-refractivity contribution is -0.140. The van der Waals surface area contributed by atoms with Crippen LogP contribution >= 0.6 is 0 Å². The predicted octanol–water partition coefficient (Wildman–Crippen LogP) is 4.37. The number of aliphatic carboxylic acids is 2. The van der Waals surface area contributed by atoms with Crippen LogP contribution in [0.1, 0.15) is 42.9 Å². The van der Waals surface area contributed by atoms with E-state index >= 15 is 0 Å². The van der Waals surface area contributed by atoms with Gasteiger partial charge in [-0.1, -0.05) is 74.5 Å². The third-order valence-corrected chi connectivity index (χ3v) is 6.35. The monoisotopic (exact) mass is 534 g/mol. The molecule has 0 heterocycles. The van der Waals surface area contributed by atoms with Crippen molar-refractivity contribution in [3.63, 3.8) is 0 Å². The zero-order valence-electron chi connectivity index (χ0n) is 21.9. The lowest BCUT2D eigenvalue weighted by atomic mass is 9.98. The summed E-state index contributed by atoms with van der Waals surface area (Å²) < 4.78 is 5.42. The smallest absolute Gasteiger partial charge is 0.407 e. The van der Waals surface area contributed by atoms with E-state index in [0.717, 1.165) is 22.3 Å². The molecule has 2 atom stereocenters. The number of phenolic OH excluding ortho intramolecular Hbond substituents is 1. The molecular weight excluding hydrogens is 500 g/mol. The molecule has 0 aliphatic heterocycles. The number of rotatable bonds is 9. The number of ether oxygens (including phenoxy) is 1. The van der Waals surface area contributed by atoms with Crippen LogP contribution in [0.3, 0.4) is 0 Å². The number of carbonyl (C=O) groups excluding carboxylic acids is 1. The number of alkyl carbamates (subject to hydrolysis) is 1. The van der Waals surface area contributed by atoms with Gasteiger partial charge in [-0.25, -0.2) is 9.59 Å². The Kier molecular flexibility index (Phi) is 10.1. The molecule has 4 rings (SSSR count). The summed E-state index contributed by atoms with van der Waals surface area (Å²) in [6, 6.07) is 20.4. The number of fused-ring (bicyclic) bond motifs is 3. The van der Waals surface area contributed by atoms with Crippen molar-refractivity contribution in [2.75, 3.05) is 6.61 Å². The van der Waals surface area contributed by atoms with Crippen LogP contribution < -0.4 is 11.1 Å². The molecule has 0 saturated carbocycles. The average molecular weight is 535 g/mol. The summed E-state index contributed by atoms with van der Waals surface area (Å²) in [6.07, 6.45) is -0.141. The van der Waals surface area contributed by atoms with E-state index in [1.54, 1.807) is 12.1 Å².